The second-order valence-corrected chi connectivity index (χ2v) is 7.68. The van der Waals surface area contributed by atoms with Gasteiger partial charge in [0.15, 0.2) is 0 Å². The summed E-state index contributed by atoms with van der Waals surface area (Å²) >= 11 is 6.01. The van der Waals surface area contributed by atoms with Crippen molar-refractivity contribution in [2.45, 2.75) is 17.4 Å². The van der Waals surface area contributed by atoms with Crippen molar-refractivity contribution in [3.8, 4) is 11.8 Å². The molecule has 1 aromatic carbocycles. The number of benzene rings is 1. The molecular weight excluding hydrogens is 350 g/mol. The van der Waals surface area contributed by atoms with Gasteiger partial charge in [-0.1, -0.05) is 11.6 Å². The molecule has 3 rings (SSSR count). The highest BCUT2D eigenvalue weighted by molar-refractivity contribution is 7.89. The minimum Gasteiger partial charge on any atom is -0.487 e. The summed E-state index contributed by atoms with van der Waals surface area (Å²) in [6.07, 6.45) is 3.37. The number of sulfonamides is 1. The molecule has 2 aromatic rings. The second kappa shape index (κ2) is 6.77. The van der Waals surface area contributed by atoms with Crippen LogP contribution in [-0.2, 0) is 10.0 Å². The third-order valence-electron chi connectivity index (χ3n) is 3.76. The number of hydrogen-bond donors (Lipinski definition) is 0. The van der Waals surface area contributed by atoms with Gasteiger partial charge >= 0.3 is 0 Å². The third-order valence-corrected chi connectivity index (χ3v) is 5.92. The lowest BCUT2D eigenvalue weighted by Gasteiger charge is -2.17. The third kappa shape index (κ3) is 3.36. The van der Waals surface area contributed by atoms with Crippen LogP contribution in [-0.4, -0.2) is 36.9 Å². The summed E-state index contributed by atoms with van der Waals surface area (Å²) in [7, 11) is -3.60. The maximum Gasteiger partial charge on any atom is 0.243 e. The van der Waals surface area contributed by atoms with Crippen molar-refractivity contribution in [1.29, 1.82) is 5.26 Å². The van der Waals surface area contributed by atoms with E-state index in [0.717, 1.165) is 0 Å². The predicted octanol–water partition coefficient (Wildman–Crippen LogP) is 2.45. The summed E-state index contributed by atoms with van der Waals surface area (Å²) in [6.45, 7) is 0.622. The Morgan fingerprint density at radius 3 is 2.71 bits per heavy atom. The molecular formula is C16H14ClN3O3S. The molecule has 0 unspecified atom stereocenters. The van der Waals surface area contributed by atoms with Gasteiger partial charge in [-0.05, 0) is 30.7 Å². The number of nitriles is 1. The van der Waals surface area contributed by atoms with Gasteiger partial charge in [0.1, 0.15) is 16.9 Å². The molecule has 0 radical (unpaired) electrons. The molecule has 8 heteroatoms. The number of nitrogens with zero attached hydrogens (tertiary/aromatic N) is 3. The molecule has 1 saturated heterocycles. The Bertz CT molecular complexity index is 878. The molecule has 1 fully saturated rings. The highest BCUT2D eigenvalue weighted by Gasteiger charge is 2.33. The topological polar surface area (TPSA) is 83.3 Å². The molecule has 0 N–H and O–H groups in total. The van der Waals surface area contributed by atoms with Crippen molar-refractivity contribution >= 4 is 21.6 Å². The molecule has 0 bridgehead atoms. The van der Waals surface area contributed by atoms with E-state index in [1.54, 1.807) is 12.3 Å². The Hall–Kier alpha value is -2.14. The van der Waals surface area contributed by atoms with Crippen LogP contribution in [0.15, 0.2) is 47.6 Å². The summed E-state index contributed by atoms with van der Waals surface area (Å²) in [5.74, 6) is 0.495. The zero-order chi connectivity index (χ0) is 17.2. The molecule has 124 valence electrons. The van der Waals surface area contributed by atoms with Crippen LogP contribution in [0.2, 0.25) is 5.02 Å². The molecule has 0 spiro atoms. The first-order chi connectivity index (χ1) is 11.5. The number of rotatable bonds is 4. The average molecular weight is 364 g/mol. The van der Waals surface area contributed by atoms with Crippen LogP contribution < -0.4 is 4.74 Å². The summed E-state index contributed by atoms with van der Waals surface area (Å²) < 4.78 is 32.5. The number of ether oxygens (including phenoxy) is 1. The van der Waals surface area contributed by atoms with Gasteiger partial charge < -0.3 is 4.74 Å². The molecule has 1 atom stereocenters. The highest BCUT2D eigenvalue weighted by atomic mass is 35.5. The Morgan fingerprint density at radius 1 is 1.29 bits per heavy atom. The maximum absolute atomic E-state index is 12.7. The molecule has 6 nitrogen and oxygen atoms in total. The van der Waals surface area contributed by atoms with Gasteiger partial charge in [-0.25, -0.2) is 8.42 Å². The standard InChI is InChI=1S/C16H14ClN3O3S/c17-15-10-19-7-5-16(15)23-13-6-8-20(11-13)24(21,22)14-3-1-12(9-18)2-4-14/h1-5,7,10,13H,6,8,11H2/t13-/m1/s1. The maximum atomic E-state index is 12.7. The Morgan fingerprint density at radius 2 is 2.04 bits per heavy atom. The van der Waals surface area contributed by atoms with Crippen LogP contribution in [0.4, 0.5) is 0 Å². The fraction of sp³-hybridized carbons (Fsp3) is 0.250. The zero-order valence-electron chi connectivity index (χ0n) is 12.6. The Balaban J connectivity index is 1.72. The van der Waals surface area contributed by atoms with Gasteiger partial charge in [0.2, 0.25) is 10.0 Å². The van der Waals surface area contributed by atoms with Gasteiger partial charge in [-0.15, -0.1) is 0 Å². The van der Waals surface area contributed by atoms with Crippen molar-refractivity contribution in [2.24, 2.45) is 0 Å². The smallest absolute Gasteiger partial charge is 0.243 e. The lowest BCUT2D eigenvalue weighted by Crippen LogP contribution is -2.31. The summed E-state index contributed by atoms with van der Waals surface area (Å²) in [5, 5.41) is 9.19. The largest absolute Gasteiger partial charge is 0.487 e. The first-order valence-electron chi connectivity index (χ1n) is 7.27. The van der Waals surface area contributed by atoms with Crippen molar-refractivity contribution < 1.29 is 13.2 Å². The van der Waals surface area contributed by atoms with E-state index < -0.39 is 10.0 Å². The van der Waals surface area contributed by atoms with E-state index in [9.17, 15) is 8.42 Å². The van der Waals surface area contributed by atoms with Gasteiger partial charge in [0.25, 0.3) is 0 Å². The molecule has 2 heterocycles. The van der Waals surface area contributed by atoms with Crippen LogP contribution >= 0.6 is 11.6 Å². The van der Waals surface area contributed by atoms with Gasteiger partial charge in [-0.3, -0.25) is 4.98 Å². The van der Waals surface area contributed by atoms with Crippen molar-refractivity contribution in [3.63, 3.8) is 0 Å². The lowest BCUT2D eigenvalue weighted by atomic mass is 10.2. The minimum absolute atomic E-state index is 0.170. The number of pyridine rings is 1. The van der Waals surface area contributed by atoms with E-state index in [2.05, 4.69) is 4.98 Å². The fourth-order valence-corrected chi connectivity index (χ4v) is 4.15. The SMILES string of the molecule is N#Cc1ccc(S(=O)(=O)N2CC[C@@H](Oc3ccncc3Cl)C2)cc1. The molecule has 0 amide bonds. The van der Waals surface area contributed by atoms with Crippen LogP contribution in [0.1, 0.15) is 12.0 Å². The van der Waals surface area contributed by atoms with E-state index in [-0.39, 0.29) is 17.5 Å². The van der Waals surface area contributed by atoms with Gasteiger partial charge in [-0.2, -0.15) is 9.57 Å². The summed E-state index contributed by atoms with van der Waals surface area (Å²) in [4.78, 5) is 4.06. The minimum atomic E-state index is -3.60. The predicted molar refractivity (Wildman–Crippen MR) is 88.2 cm³/mol. The van der Waals surface area contributed by atoms with Crippen molar-refractivity contribution in [3.05, 3.63) is 53.3 Å². The zero-order valence-corrected chi connectivity index (χ0v) is 14.2. The quantitative estimate of drug-likeness (QED) is 0.833. The van der Waals surface area contributed by atoms with Crippen LogP contribution in [0.5, 0.6) is 5.75 Å². The van der Waals surface area contributed by atoms with Gasteiger partial charge in [0.05, 0.1) is 23.1 Å². The highest BCUT2D eigenvalue weighted by Crippen LogP contribution is 2.27. The van der Waals surface area contributed by atoms with E-state index in [1.165, 1.54) is 34.8 Å². The fourth-order valence-electron chi connectivity index (χ4n) is 2.50. The summed E-state index contributed by atoms with van der Waals surface area (Å²) in [5.41, 5.74) is 0.420. The van der Waals surface area contributed by atoms with Crippen molar-refractivity contribution in [1.82, 2.24) is 9.29 Å². The van der Waals surface area contributed by atoms with Crippen LogP contribution in [0.25, 0.3) is 0 Å². The summed E-state index contributed by atoms with van der Waals surface area (Å²) in [6, 6.07) is 9.50. The second-order valence-electron chi connectivity index (χ2n) is 5.33. The average Bonchev–Trinajstić information content (AvgIpc) is 3.06. The number of hydrogen-bond acceptors (Lipinski definition) is 5. The Labute approximate surface area is 145 Å². The monoisotopic (exact) mass is 363 g/mol. The normalized spacial score (nSPS) is 18.2. The first-order valence-corrected chi connectivity index (χ1v) is 9.09. The van der Waals surface area contributed by atoms with Crippen LogP contribution in [0.3, 0.4) is 0 Å². The van der Waals surface area contributed by atoms with Gasteiger partial charge in [0, 0.05) is 25.0 Å². The molecule has 0 saturated carbocycles. The molecule has 24 heavy (non-hydrogen) atoms. The number of halogens is 1. The Kier molecular flexibility index (Phi) is 4.71. The lowest BCUT2D eigenvalue weighted by molar-refractivity contribution is 0.215. The molecule has 1 aliphatic heterocycles. The van der Waals surface area contributed by atoms with Crippen LogP contribution in [0, 0.1) is 11.3 Å². The van der Waals surface area contributed by atoms with E-state index in [0.29, 0.717) is 29.3 Å². The van der Waals surface area contributed by atoms with E-state index in [4.69, 9.17) is 21.6 Å². The van der Waals surface area contributed by atoms with E-state index in [1.807, 2.05) is 6.07 Å². The van der Waals surface area contributed by atoms with Crippen molar-refractivity contribution in [2.75, 3.05) is 13.1 Å². The first kappa shape index (κ1) is 16.7. The van der Waals surface area contributed by atoms with E-state index >= 15 is 0 Å². The molecule has 1 aromatic heterocycles. The molecule has 1 aliphatic rings. The number of aromatic nitrogens is 1. The molecule has 0 aliphatic carbocycles.